The second-order valence-electron chi connectivity index (χ2n) is 5.47. The third-order valence-corrected chi connectivity index (χ3v) is 3.43. The van der Waals surface area contributed by atoms with Crippen molar-refractivity contribution in [3.05, 3.63) is 11.5 Å². The lowest BCUT2D eigenvalue weighted by atomic mass is 10.3. The maximum absolute atomic E-state index is 12.1. The summed E-state index contributed by atoms with van der Waals surface area (Å²) in [6, 6.07) is 0.103. The molecule has 1 unspecified atom stereocenters. The third kappa shape index (κ3) is 3.05. The van der Waals surface area contributed by atoms with Gasteiger partial charge in [-0.3, -0.25) is 4.79 Å². The quantitative estimate of drug-likeness (QED) is 0.862. The molecule has 0 spiro atoms. The Balaban J connectivity index is 2.52. The lowest BCUT2D eigenvalue weighted by Crippen LogP contribution is -2.33. The number of carbonyl (C=O) groups excluding carboxylic acids is 1. The highest BCUT2D eigenvalue weighted by molar-refractivity contribution is 6.20. The molecule has 0 saturated heterocycles. The molecule has 0 aliphatic carbocycles. The summed E-state index contributed by atoms with van der Waals surface area (Å²) < 4.78 is 3.73. The smallest absolute Gasteiger partial charge is 0.240 e. The van der Waals surface area contributed by atoms with Crippen LogP contribution < -0.4 is 5.32 Å². The van der Waals surface area contributed by atoms with Gasteiger partial charge in [0.1, 0.15) is 17.9 Å². The molecular formula is C14H22ClN5O. The topological polar surface area (TPSA) is 64.7 Å². The first-order chi connectivity index (χ1) is 9.85. The van der Waals surface area contributed by atoms with E-state index in [1.165, 1.54) is 0 Å². The first-order valence-electron chi connectivity index (χ1n) is 7.22. The van der Waals surface area contributed by atoms with Gasteiger partial charge in [-0.15, -0.1) is 11.6 Å². The van der Waals surface area contributed by atoms with Gasteiger partial charge in [0.15, 0.2) is 5.65 Å². The van der Waals surface area contributed by atoms with Gasteiger partial charge in [-0.2, -0.15) is 5.10 Å². The minimum absolute atomic E-state index is 0.0515. The average molecular weight is 312 g/mol. The van der Waals surface area contributed by atoms with Crippen LogP contribution in [-0.4, -0.2) is 31.3 Å². The van der Waals surface area contributed by atoms with Crippen molar-refractivity contribution in [2.75, 3.05) is 0 Å². The van der Waals surface area contributed by atoms with Crippen LogP contribution >= 0.6 is 11.6 Å². The van der Waals surface area contributed by atoms with Gasteiger partial charge >= 0.3 is 0 Å². The fourth-order valence-electron chi connectivity index (χ4n) is 2.43. The molecule has 0 saturated carbocycles. The summed E-state index contributed by atoms with van der Waals surface area (Å²) in [6.07, 6.45) is 0. The summed E-state index contributed by atoms with van der Waals surface area (Å²) in [5.74, 6) is 0.651. The molecule has 1 atom stereocenters. The lowest BCUT2D eigenvalue weighted by Gasteiger charge is -2.13. The standard InChI is InChI=1S/C14H22ClN5O/c1-6-20-14-12(10(5)18-20)17-13(9(4)15)19(14)7-11(21)16-8(2)3/h8-9H,6-7H2,1-5H3,(H,16,21). The van der Waals surface area contributed by atoms with Crippen LogP contribution in [0.3, 0.4) is 0 Å². The molecule has 2 rings (SSSR count). The fourth-order valence-corrected chi connectivity index (χ4v) is 2.60. The zero-order valence-corrected chi connectivity index (χ0v) is 13.9. The van der Waals surface area contributed by atoms with Gasteiger partial charge in [0, 0.05) is 12.6 Å². The van der Waals surface area contributed by atoms with Crippen molar-refractivity contribution in [2.24, 2.45) is 0 Å². The van der Waals surface area contributed by atoms with Crippen molar-refractivity contribution >= 4 is 28.7 Å². The molecule has 7 heteroatoms. The van der Waals surface area contributed by atoms with Crippen molar-refractivity contribution in [3.63, 3.8) is 0 Å². The number of carbonyl (C=O) groups is 1. The first-order valence-corrected chi connectivity index (χ1v) is 7.65. The molecule has 0 radical (unpaired) electrons. The number of hydrogen-bond acceptors (Lipinski definition) is 3. The molecular weight excluding hydrogens is 290 g/mol. The van der Waals surface area contributed by atoms with Gasteiger partial charge in [-0.25, -0.2) is 9.67 Å². The zero-order chi connectivity index (χ0) is 15.7. The number of hydrogen-bond donors (Lipinski definition) is 1. The molecule has 1 amide bonds. The summed E-state index contributed by atoms with van der Waals surface area (Å²) in [5.41, 5.74) is 2.53. The molecule has 1 N–H and O–H groups in total. The molecule has 2 aromatic heterocycles. The normalized spacial score (nSPS) is 13.1. The van der Waals surface area contributed by atoms with Crippen molar-refractivity contribution in [1.29, 1.82) is 0 Å². The van der Waals surface area contributed by atoms with E-state index in [0.717, 1.165) is 23.4 Å². The lowest BCUT2D eigenvalue weighted by molar-refractivity contribution is -0.122. The van der Waals surface area contributed by atoms with Crippen LogP contribution in [0.5, 0.6) is 0 Å². The van der Waals surface area contributed by atoms with E-state index in [4.69, 9.17) is 11.6 Å². The Hall–Kier alpha value is -1.56. The molecule has 21 heavy (non-hydrogen) atoms. The van der Waals surface area contributed by atoms with Crippen LogP contribution in [0, 0.1) is 6.92 Å². The second-order valence-corrected chi connectivity index (χ2v) is 6.12. The Kier molecular flexibility index (Phi) is 4.56. The number of fused-ring (bicyclic) bond motifs is 1. The third-order valence-electron chi connectivity index (χ3n) is 3.23. The number of aromatic nitrogens is 4. The number of amides is 1. The van der Waals surface area contributed by atoms with E-state index in [0.29, 0.717) is 5.82 Å². The molecule has 0 bridgehead atoms. The van der Waals surface area contributed by atoms with Crippen molar-refractivity contribution in [3.8, 4) is 0 Å². The number of halogens is 1. The highest BCUT2D eigenvalue weighted by atomic mass is 35.5. The molecule has 116 valence electrons. The highest BCUT2D eigenvalue weighted by Gasteiger charge is 2.22. The summed E-state index contributed by atoms with van der Waals surface area (Å²) in [4.78, 5) is 16.7. The minimum atomic E-state index is -0.269. The van der Waals surface area contributed by atoms with Crippen LogP contribution in [0.2, 0.25) is 0 Å². The number of nitrogens with zero attached hydrogens (tertiary/aromatic N) is 4. The summed E-state index contributed by atoms with van der Waals surface area (Å²) in [7, 11) is 0. The molecule has 2 heterocycles. The van der Waals surface area contributed by atoms with Crippen LogP contribution in [0.25, 0.3) is 11.2 Å². The van der Waals surface area contributed by atoms with Crippen LogP contribution in [0.1, 0.15) is 44.6 Å². The van der Waals surface area contributed by atoms with Crippen molar-refractivity contribution < 1.29 is 4.79 Å². The number of imidazole rings is 1. The Labute approximate surface area is 129 Å². The van der Waals surface area contributed by atoms with Gasteiger partial charge in [0.2, 0.25) is 5.91 Å². The number of rotatable bonds is 5. The molecule has 0 fully saturated rings. The number of nitrogens with one attached hydrogen (secondary N) is 1. The highest BCUT2D eigenvalue weighted by Crippen LogP contribution is 2.26. The van der Waals surface area contributed by atoms with Crippen LogP contribution in [-0.2, 0) is 17.9 Å². The van der Waals surface area contributed by atoms with E-state index in [1.807, 2.05) is 43.9 Å². The van der Waals surface area contributed by atoms with Gasteiger partial charge < -0.3 is 9.88 Å². The Morgan fingerprint density at radius 1 is 1.38 bits per heavy atom. The monoisotopic (exact) mass is 311 g/mol. The summed E-state index contributed by atoms with van der Waals surface area (Å²) in [5, 5.41) is 7.08. The molecule has 0 aliphatic rings. The SMILES string of the molecule is CCn1nc(C)c2nc(C(C)Cl)n(CC(=O)NC(C)C)c21. The van der Waals surface area contributed by atoms with E-state index in [-0.39, 0.29) is 23.9 Å². The van der Waals surface area contributed by atoms with E-state index < -0.39 is 0 Å². The van der Waals surface area contributed by atoms with Gasteiger partial charge in [0.25, 0.3) is 0 Å². The Morgan fingerprint density at radius 2 is 2.05 bits per heavy atom. The maximum atomic E-state index is 12.1. The zero-order valence-electron chi connectivity index (χ0n) is 13.1. The molecule has 0 aromatic carbocycles. The average Bonchev–Trinajstić information content (AvgIpc) is 2.88. The largest absolute Gasteiger partial charge is 0.352 e. The van der Waals surface area contributed by atoms with Crippen molar-refractivity contribution in [1.82, 2.24) is 24.6 Å². The number of alkyl halides is 1. The van der Waals surface area contributed by atoms with Gasteiger partial charge in [-0.05, 0) is 34.6 Å². The van der Waals surface area contributed by atoms with E-state index >= 15 is 0 Å². The Bertz CT molecular complexity index is 656. The van der Waals surface area contributed by atoms with E-state index in [9.17, 15) is 4.79 Å². The molecule has 2 aromatic rings. The maximum Gasteiger partial charge on any atom is 0.240 e. The minimum Gasteiger partial charge on any atom is -0.352 e. The van der Waals surface area contributed by atoms with E-state index in [1.54, 1.807) is 0 Å². The predicted octanol–water partition coefficient (Wildman–Crippen LogP) is 2.39. The molecule has 0 aliphatic heterocycles. The second kappa shape index (κ2) is 6.05. The van der Waals surface area contributed by atoms with Gasteiger partial charge in [-0.1, -0.05) is 0 Å². The van der Waals surface area contributed by atoms with Crippen LogP contribution in [0.4, 0.5) is 0 Å². The summed E-state index contributed by atoms with van der Waals surface area (Å²) >= 11 is 6.23. The fraction of sp³-hybridized carbons (Fsp3) is 0.643. The number of aryl methyl sites for hydroxylation is 2. The van der Waals surface area contributed by atoms with Gasteiger partial charge in [0.05, 0.1) is 11.1 Å². The van der Waals surface area contributed by atoms with Crippen molar-refractivity contribution in [2.45, 2.75) is 59.1 Å². The first kappa shape index (κ1) is 15.8. The Morgan fingerprint density at radius 3 is 2.57 bits per heavy atom. The van der Waals surface area contributed by atoms with E-state index in [2.05, 4.69) is 15.4 Å². The predicted molar refractivity (Wildman–Crippen MR) is 83.5 cm³/mol. The summed E-state index contributed by atoms with van der Waals surface area (Å²) in [6.45, 7) is 10.6. The molecule has 6 nitrogen and oxygen atoms in total. The van der Waals surface area contributed by atoms with Crippen LogP contribution in [0.15, 0.2) is 0 Å².